The largest absolute Gasteiger partial charge is 0.399 e. The van der Waals surface area contributed by atoms with Gasteiger partial charge in [-0.05, 0) is 36.8 Å². The lowest BCUT2D eigenvalue weighted by atomic mass is 10.1. The van der Waals surface area contributed by atoms with E-state index in [9.17, 15) is 0 Å². The lowest BCUT2D eigenvalue weighted by molar-refractivity contribution is 0.861. The van der Waals surface area contributed by atoms with Gasteiger partial charge in [0.2, 0.25) is 0 Å². The van der Waals surface area contributed by atoms with Crippen LogP contribution in [0.25, 0.3) is 0 Å². The van der Waals surface area contributed by atoms with Crippen LogP contribution < -0.4 is 11.1 Å². The topological polar surface area (TPSA) is 63.8 Å². The van der Waals surface area contributed by atoms with Crippen molar-refractivity contribution >= 4 is 11.5 Å². The van der Waals surface area contributed by atoms with Gasteiger partial charge >= 0.3 is 0 Å². The molecular weight excluding hydrogens is 200 g/mol. The van der Waals surface area contributed by atoms with Gasteiger partial charge in [-0.25, -0.2) is 0 Å². The van der Waals surface area contributed by atoms with Crippen molar-refractivity contribution in [2.45, 2.75) is 13.0 Å². The second-order valence-corrected chi connectivity index (χ2v) is 3.65. The minimum atomic E-state index is 0.153. The van der Waals surface area contributed by atoms with Gasteiger partial charge < -0.3 is 11.1 Å². The molecule has 0 aliphatic heterocycles. The van der Waals surface area contributed by atoms with Crippen LogP contribution in [0.2, 0.25) is 0 Å². The molecule has 0 saturated heterocycles. The quantitative estimate of drug-likeness (QED) is 0.769. The van der Waals surface area contributed by atoms with Crippen molar-refractivity contribution in [2.75, 3.05) is 11.1 Å². The molecule has 1 aromatic carbocycles. The maximum Gasteiger partial charge on any atom is 0.149 e. The van der Waals surface area contributed by atoms with E-state index >= 15 is 0 Å². The predicted molar refractivity (Wildman–Crippen MR) is 64.9 cm³/mol. The Balaban J connectivity index is 2.12. The molecule has 1 unspecified atom stereocenters. The smallest absolute Gasteiger partial charge is 0.149 e. The van der Waals surface area contributed by atoms with Gasteiger partial charge in [-0.15, -0.1) is 5.10 Å². The molecular formula is C12H14N4. The highest BCUT2D eigenvalue weighted by molar-refractivity contribution is 5.44. The van der Waals surface area contributed by atoms with E-state index in [2.05, 4.69) is 22.4 Å². The van der Waals surface area contributed by atoms with Crippen LogP contribution in [0.15, 0.2) is 42.6 Å². The first-order valence-corrected chi connectivity index (χ1v) is 5.15. The van der Waals surface area contributed by atoms with E-state index < -0.39 is 0 Å². The van der Waals surface area contributed by atoms with E-state index in [1.165, 1.54) is 0 Å². The Bertz CT molecular complexity index is 456. The summed E-state index contributed by atoms with van der Waals surface area (Å²) in [6.07, 6.45) is 1.65. The molecule has 1 aromatic heterocycles. The molecule has 1 heterocycles. The molecule has 2 rings (SSSR count). The minimum absolute atomic E-state index is 0.153. The third-order valence-electron chi connectivity index (χ3n) is 2.35. The minimum Gasteiger partial charge on any atom is -0.399 e. The Labute approximate surface area is 94.5 Å². The molecule has 0 amide bonds. The Hall–Kier alpha value is -2.10. The van der Waals surface area contributed by atoms with Crippen molar-refractivity contribution in [3.05, 3.63) is 48.2 Å². The molecule has 4 nitrogen and oxygen atoms in total. The van der Waals surface area contributed by atoms with Gasteiger partial charge in [0.15, 0.2) is 0 Å². The van der Waals surface area contributed by atoms with E-state index in [1.807, 2.05) is 36.4 Å². The van der Waals surface area contributed by atoms with Crippen molar-refractivity contribution < 1.29 is 0 Å². The van der Waals surface area contributed by atoms with E-state index in [0.29, 0.717) is 0 Å². The summed E-state index contributed by atoms with van der Waals surface area (Å²) < 4.78 is 0. The molecule has 0 aliphatic rings. The third-order valence-corrected chi connectivity index (χ3v) is 2.35. The normalized spacial score (nSPS) is 12.1. The summed E-state index contributed by atoms with van der Waals surface area (Å²) in [6.45, 7) is 2.06. The van der Waals surface area contributed by atoms with Crippen molar-refractivity contribution in [3.63, 3.8) is 0 Å². The summed E-state index contributed by atoms with van der Waals surface area (Å²) >= 11 is 0. The van der Waals surface area contributed by atoms with Gasteiger partial charge in [0, 0.05) is 11.9 Å². The average Bonchev–Trinajstić information content (AvgIpc) is 2.30. The second kappa shape index (κ2) is 4.61. The molecule has 0 aliphatic carbocycles. The Morgan fingerprint density at radius 3 is 2.81 bits per heavy atom. The summed E-state index contributed by atoms with van der Waals surface area (Å²) in [4.78, 5) is 0. The van der Waals surface area contributed by atoms with Crippen LogP contribution in [-0.4, -0.2) is 10.2 Å². The van der Waals surface area contributed by atoms with Crippen LogP contribution in [0.3, 0.4) is 0 Å². The summed E-state index contributed by atoms with van der Waals surface area (Å²) in [5, 5.41) is 11.0. The molecule has 0 saturated carbocycles. The number of hydrogen-bond acceptors (Lipinski definition) is 4. The maximum atomic E-state index is 5.73. The number of aromatic nitrogens is 2. The molecule has 16 heavy (non-hydrogen) atoms. The van der Waals surface area contributed by atoms with Crippen molar-refractivity contribution in [2.24, 2.45) is 0 Å². The highest BCUT2D eigenvalue weighted by atomic mass is 15.2. The predicted octanol–water partition coefficient (Wildman–Crippen LogP) is 2.23. The fourth-order valence-corrected chi connectivity index (χ4v) is 1.51. The number of nitrogens with zero attached hydrogens (tertiary/aromatic N) is 2. The van der Waals surface area contributed by atoms with E-state index in [4.69, 9.17) is 5.73 Å². The molecule has 0 bridgehead atoms. The highest BCUT2D eigenvalue weighted by Gasteiger charge is 2.05. The van der Waals surface area contributed by atoms with Gasteiger partial charge in [-0.2, -0.15) is 5.10 Å². The molecule has 0 radical (unpaired) electrons. The number of anilines is 2. The van der Waals surface area contributed by atoms with Gasteiger partial charge in [-0.1, -0.05) is 12.1 Å². The third kappa shape index (κ3) is 2.48. The molecule has 82 valence electrons. The Morgan fingerprint density at radius 1 is 1.25 bits per heavy atom. The Morgan fingerprint density at radius 2 is 2.12 bits per heavy atom. The van der Waals surface area contributed by atoms with Crippen molar-refractivity contribution in [1.82, 2.24) is 10.2 Å². The van der Waals surface area contributed by atoms with Crippen LogP contribution in [-0.2, 0) is 0 Å². The van der Waals surface area contributed by atoms with E-state index in [0.717, 1.165) is 17.1 Å². The monoisotopic (exact) mass is 214 g/mol. The second-order valence-electron chi connectivity index (χ2n) is 3.65. The average molecular weight is 214 g/mol. The fourth-order valence-electron chi connectivity index (χ4n) is 1.51. The molecule has 1 atom stereocenters. The van der Waals surface area contributed by atoms with Gasteiger partial charge in [0.25, 0.3) is 0 Å². The number of nitrogens with one attached hydrogen (secondary N) is 1. The Kier molecular flexibility index (Phi) is 3.00. The summed E-state index contributed by atoms with van der Waals surface area (Å²) in [5.74, 6) is 0.762. The van der Waals surface area contributed by atoms with E-state index in [-0.39, 0.29) is 6.04 Å². The summed E-state index contributed by atoms with van der Waals surface area (Å²) in [5.41, 5.74) is 7.63. The van der Waals surface area contributed by atoms with E-state index in [1.54, 1.807) is 6.20 Å². The lowest BCUT2D eigenvalue weighted by Gasteiger charge is -2.14. The fraction of sp³-hybridized carbons (Fsp3) is 0.167. The van der Waals surface area contributed by atoms with Gasteiger partial charge in [0.05, 0.1) is 6.04 Å². The highest BCUT2D eigenvalue weighted by Crippen LogP contribution is 2.18. The number of benzene rings is 1. The number of rotatable bonds is 3. The molecule has 0 spiro atoms. The van der Waals surface area contributed by atoms with Crippen LogP contribution in [0.1, 0.15) is 18.5 Å². The lowest BCUT2D eigenvalue weighted by Crippen LogP contribution is -2.08. The van der Waals surface area contributed by atoms with Crippen molar-refractivity contribution in [3.8, 4) is 0 Å². The zero-order valence-corrected chi connectivity index (χ0v) is 9.09. The zero-order valence-electron chi connectivity index (χ0n) is 9.09. The SMILES string of the molecule is CC(Nc1cccnn1)c1cccc(N)c1. The molecule has 3 N–H and O–H groups in total. The first kappa shape index (κ1) is 10.4. The number of nitrogen functional groups attached to an aromatic ring is 1. The van der Waals surface area contributed by atoms with Crippen molar-refractivity contribution in [1.29, 1.82) is 0 Å². The first-order chi connectivity index (χ1) is 7.75. The summed E-state index contributed by atoms with van der Waals surface area (Å²) in [6, 6.07) is 11.7. The molecule has 4 heteroatoms. The zero-order chi connectivity index (χ0) is 11.4. The molecule has 2 aromatic rings. The summed E-state index contributed by atoms with van der Waals surface area (Å²) in [7, 11) is 0. The first-order valence-electron chi connectivity index (χ1n) is 5.15. The van der Waals surface area contributed by atoms with Gasteiger partial charge in [0.1, 0.15) is 5.82 Å². The van der Waals surface area contributed by atoms with Crippen LogP contribution in [0.4, 0.5) is 11.5 Å². The van der Waals surface area contributed by atoms with Crippen LogP contribution in [0.5, 0.6) is 0 Å². The maximum absolute atomic E-state index is 5.73. The standard InChI is InChI=1S/C12H14N4/c1-9(10-4-2-5-11(13)8-10)15-12-6-3-7-14-16-12/h2-9H,13H2,1H3,(H,15,16). The van der Waals surface area contributed by atoms with Crippen LogP contribution in [0, 0.1) is 0 Å². The van der Waals surface area contributed by atoms with Gasteiger partial charge in [-0.3, -0.25) is 0 Å². The molecule has 0 fully saturated rings. The van der Waals surface area contributed by atoms with Crippen LogP contribution >= 0.6 is 0 Å². The number of hydrogen-bond donors (Lipinski definition) is 2. The number of nitrogens with two attached hydrogens (primary N) is 1.